The van der Waals surface area contributed by atoms with Crippen molar-refractivity contribution in [3.05, 3.63) is 18.5 Å². The molecule has 1 saturated heterocycles. The van der Waals surface area contributed by atoms with Crippen LogP contribution in [-0.2, 0) is 16.1 Å². The number of hydrogen-bond donors (Lipinski definition) is 1. The van der Waals surface area contributed by atoms with E-state index >= 15 is 0 Å². The van der Waals surface area contributed by atoms with Gasteiger partial charge in [0.05, 0.1) is 19.3 Å². The number of hydrogen-bond acceptors (Lipinski definition) is 4. The summed E-state index contributed by atoms with van der Waals surface area (Å²) in [6.45, 7) is 3.57. The Morgan fingerprint density at radius 2 is 2.47 bits per heavy atom. The number of ether oxygens (including phenoxy) is 1. The summed E-state index contributed by atoms with van der Waals surface area (Å²) in [6.07, 6.45) is 5.20. The van der Waals surface area contributed by atoms with E-state index in [1.807, 2.05) is 28.9 Å². The number of rotatable bonds is 6. The molecule has 1 aromatic heterocycles. The maximum Gasteiger partial charge on any atom is 0.222 e. The third-order valence-electron chi connectivity index (χ3n) is 3.26. The smallest absolute Gasteiger partial charge is 0.222 e. The Morgan fingerprint density at radius 3 is 3.21 bits per heavy atom. The lowest BCUT2D eigenvalue weighted by molar-refractivity contribution is -0.139. The van der Waals surface area contributed by atoms with Gasteiger partial charge in [-0.3, -0.25) is 9.48 Å². The van der Waals surface area contributed by atoms with Crippen molar-refractivity contribution >= 4 is 5.91 Å². The molecule has 1 unspecified atom stereocenters. The number of carbonyl (C=O) groups is 1. The molecule has 2 heterocycles. The average Bonchev–Trinajstić information content (AvgIpc) is 2.92. The SMILES string of the molecule is CNCCCC(=O)N1CCOC(Cn2cccn2)C1. The van der Waals surface area contributed by atoms with Gasteiger partial charge in [0.25, 0.3) is 0 Å². The van der Waals surface area contributed by atoms with Crippen LogP contribution in [0.25, 0.3) is 0 Å². The van der Waals surface area contributed by atoms with E-state index in [1.54, 1.807) is 6.20 Å². The Morgan fingerprint density at radius 1 is 1.58 bits per heavy atom. The summed E-state index contributed by atoms with van der Waals surface area (Å²) in [7, 11) is 1.90. The van der Waals surface area contributed by atoms with Crippen molar-refractivity contribution in [3.63, 3.8) is 0 Å². The minimum Gasteiger partial charge on any atom is -0.373 e. The van der Waals surface area contributed by atoms with Crippen LogP contribution in [0.4, 0.5) is 0 Å². The molecule has 19 heavy (non-hydrogen) atoms. The number of amides is 1. The molecule has 0 aliphatic carbocycles. The molecule has 1 fully saturated rings. The number of morpholine rings is 1. The first kappa shape index (κ1) is 14.0. The van der Waals surface area contributed by atoms with Crippen LogP contribution in [0, 0.1) is 0 Å². The van der Waals surface area contributed by atoms with Gasteiger partial charge in [-0.05, 0) is 26.1 Å². The highest BCUT2D eigenvalue weighted by Gasteiger charge is 2.24. The van der Waals surface area contributed by atoms with E-state index in [0.717, 1.165) is 13.0 Å². The summed E-state index contributed by atoms with van der Waals surface area (Å²) < 4.78 is 7.54. The summed E-state index contributed by atoms with van der Waals surface area (Å²) in [5.74, 6) is 0.226. The second-order valence-corrected chi connectivity index (χ2v) is 4.77. The van der Waals surface area contributed by atoms with E-state index in [4.69, 9.17) is 4.74 Å². The predicted octanol–water partition coefficient (Wildman–Crippen LogP) is 0.110. The van der Waals surface area contributed by atoms with E-state index in [0.29, 0.717) is 32.7 Å². The van der Waals surface area contributed by atoms with Crippen LogP contribution in [0.2, 0.25) is 0 Å². The van der Waals surface area contributed by atoms with Gasteiger partial charge < -0.3 is 15.0 Å². The predicted molar refractivity (Wildman–Crippen MR) is 71.7 cm³/mol. The molecule has 0 spiro atoms. The highest BCUT2D eigenvalue weighted by atomic mass is 16.5. The van der Waals surface area contributed by atoms with Crippen molar-refractivity contribution < 1.29 is 9.53 Å². The largest absolute Gasteiger partial charge is 0.373 e. The lowest BCUT2D eigenvalue weighted by Gasteiger charge is -2.33. The van der Waals surface area contributed by atoms with E-state index in [9.17, 15) is 4.79 Å². The standard InChI is InChI=1S/C13H22N4O2/c1-14-5-2-4-13(18)16-8-9-19-12(10-16)11-17-7-3-6-15-17/h3,6-7,12,14H,2,4-5,8-11H2,1H3. The molecular weight excluding hydrogens is 244 g/mol. The molecular formula is C13H22N4O2. The molecule has 6 heteroatoms. The summed E-state index contributed by atoms with van der Waals surface area (Å²) >= 11 is 0. The molecule has 2 rings (SSSR count). The molecule has 0 radical (unpaired) electrons. The van der Waals surface area contributed by atoms with Crippen molar-refractivity contribution in [2.24, 2.45) is 0 Å². The van der Waals surface area contributed by atoms with Gasteiger partial charge in [-0.2, -0.15) is 5.10 Å². The second kappa shape index (κ2) is 7.25. The van der Waals surface area contributed by atoms with Gasteiger partial charge in [0, 0.05) is 31.9 Å². The fourth-order valence-electron chi connectivity index (χ4n) is 2.25. The lowest BCUT2D eigenvalue weighted by atomic mass is 10.2. The van der Waals surface area contributed by atoms with Crippen LogP contribution < -0.4 is 5.32 Å². The second-order valence-electron chi connectivity index (χ2n) is 4.77. The monoisotopic (exact) mass is 266 g/mol. The summed E-state index contributed by atoms with van der Waals surface area (Å²) in [5.41, 5.74) is 0. The van der Waals surface area contributed by atoms with Crippen LogP contribution in [-0.4, -0.2) is 60.0 Å². The van der Waals surface area contributed by atoms with Gasteiger partial charge in [0.1, 0.15) is 0 Å². The van der Waals surface area contributed by atoms with Crippen molar-refractivity contribution in [1.82, 2.24) is 20.0 Å². The maximum absolute atomic E-state index is 12.0. The minimum atomic E-state index is 0.0434. The van der Waals surface area contributed by atoms with E-state index in [1.165, 1.54) is 0 Å². The van der Waals surface area contributed by atoms with Crippen LogP contribution >= 0.6 is 0 Å². The first-order valence-corrected chi connectivity index (χ1v) is 6.81. The Bertz CT molecular complexity index is 380. The van der Waals surface area contributed by atoms with Crippen molar-refractivity contribution in [2.45, 2.75) is 25.5 Å². The van der Waals surface area contributed by atoms with E-state index in [-0.39, 0.29) is 12.0 Å². The zero-order valence-electron chi connectivity index (χ0n) is 11.4. The summed E-state index contributed by atoms with van der Waals surface area (Å²) in [6, 6.07) is 1.89. The molecule has 6 nitrogen and oxygen atoms in total. The third-order valence-corrected chi connectivity index (χ3v) is 3.26. The first-order chi connectivity index (χ1) is 9.29. The number of nitrogens with one attached hydrogen (secondary N) is 1. The van der Waals surface area contributed by atoms with E-state index in [2.05, 4.69) is 10.4 Å². The fourth-order valence-corrected chi connectivity index (χ4v) is 2.25. The van der Waals surface area contributed by atoms with Gasteiger partial charge in [-0.15, -0.1) is 0 Å². The highest BCUT2D eigenvalue weighted by molar-refractivity contribution is 5.76. The number of aromatic nitrogens is 2. The zero-order chi connectivity index (χ0) is 13.5. The Labute approximate surface area is 113 Å². The van der Waals surface area contributed by atoms with Gasteiger partial charge in [0.15, 0.2) is 0 Å². The molecule has 1 aliphatic rings. The maximum atomic E-state index is 12.0. The average molecular weight is 266 g/mol. The molecule has 0 bridgehead atoms. The molecule has 1 aliphatic heterocycles. The van der Waals surface area contributed by atoms with Crippen molar-refractivity contribution in [3.8, 4) is 0 Å². The number of carbonyl (C=O) groups excluding carboxylic acids is 1. The Hall–Kier alpha value is -1.40. The Balaban J connectivity index is 1.78. The topological polar surface area (TPSA) is 59.4 Å². The zero-order valence-corrected chi connectivity index (χ0v) is 11.4. The molecule has 1 amide bonds. The fraction of sp³-hybridized carbons (Fsp3) is 0.692. The van der Waals surface area contributed by atoms with Gasteiger partial charge in [-0.25, -0.2) is 0 Å². The molecule has 1 aromatic rings. The van der Waals surface area contributed by atoms with Crippen LogP contribution in [0.5, 0.6) is 0 Å². The van der Waals surface area contributed by atoms with Gasteiger partial charge >= 0.3 is 0 Å². The normalized spacial score (nSPS) is 19.6. The van der Waals surface area contributed by atoms with Crippen molar-refractivity contribution in [1.29, 1.82) is 0 Å². The van der Waals surface area contributed by atoms with Crippen molar-refractivity contribution in [2.75, 3.05) is 33.3 Å². The lowest BCUT2D eigenvalue weighted by Crippen LogP contribution is -2.47. The molecule has 106 valence electrons. The molecule has 0 saturated carbocycles. The molecule has 1 N–H and O–H groups in total. The molecule has 0 aromatic carbocycles. The minimum absolute atomic E-state index is 0.0434. The summed E-state index contributed by atoms with van der Waals surface area (Å²) in [5, 5.41) is 7.22. The van der Waals surface area contributed by atoms with Gasteiger partial charge in [-0.1, -0.05) is 0 Å². The van der Waals surface area contributed by atoms with Crippen LogP contribution in [0.3, 0.4) is 0 Å². The molecule has 1 atom stereocenters. The number of nitrogens with zero attached hydrogens (tertiary/aromatic N) is 3. The highest BCUT2D eigenvalue weighted by Crippen LogP contribution is 2.09. The Kier molecular flexibility index (Phi) is 5.35. The van der Waals surface area contributed by atoms with Crippen LogP contribution in [0.15, 0.2) is 18.5 Å². The third kappa shape index (κ3) is 4.33. The first-order valence-electron chi connectivity index (χ1n) is 6.81. The van der Waals surface area contributed by atoms with Crippen LogP contribution in [0.1, 0.15) is 12.8 Å². The van der Waals surface area contributed by atoms with Gasteiger partial charge in [0.2, 0.25) is 5.91 Å². The quantitative estimate of drug-likeness (QED) is 0.743. The van der Waals surface area contributed by atoms with E-state index < -0.39 is 0 Å². The summed E-state index contributed by atoms with van der Waals surface area (Å²) in [4.78, 5) is 14.0.